The quantitative estimate of drug-likeness (QED) is 0.674. The number of hydrogen-bond acceptors (Lipinski definition) is 2. The molecule has 0 atom stereocenters. The number of carbonyl (C=O) groups excluding carboxylic acids is 1. The van der Waals surface area contributed by atoms with Crippen molar-refractivity contribution in [2.45, 2.75) is 13.8 Å². The molecule has 3 heteroatoms. The van der Waals surface area contributed by atoms with Gasteiger partial charge in [-0.15, -0.1) is 0 Å². The van der Waals surface area contributed by atoms with E-state index in [2.05, 4.69) is 24.9 Å². The Bertz CT molecular complexity index is 967. The zero-order chi connectivity index (χ0) is 16.7. The molecule has 0 N–H and O–H groups in total. The maximum Gasteiger partial charge on any atom is 0.263 e. The Morgan fingerprint density at radius 3 is 2.50 bits per heavy atom. The largest absolute Gasteiger partial charge is 0.274 e. The van der Waals surface area contributed by atoms with Gasteiger partial charge in [-0.2, -0.15) is 0 Å². The average Bonchev–Trinajstić information content (AvgIpc) is 2.86. The van der Waals surface area contributed by atoms with Crippen molar-refractivity contribution < 1.29 is 4.79 Å². The molecule has 24 heavy (non-hydrogen) atoms. The van der Waals surface area contributed by atoms with Crippen LogP contribution in [0.3, 0.4) is 0 Å². The van der Waals surface area contributed by atoms with E-state index >= 15 is 0 Å². The van der Waals surface area contributed by atoms with Crippen LogP contribution in [0.1, 0.15) is 29.8 Å². The second-order valence-electron chi connectivity index (χ2n) is 6.33. The SMILES string of the molecule is CC(C)/C=C1\c2ccccc2C(=O)N1c1cccc2cccnc12. The van der Waals surface area contributed by atoms with E-state index in [1.165, 1.54) is 0 Å². The second-order valence-corrected chi connectivity index (χ2v) is 6.33. The highest BCUT2D eigenvalue weighted by Crippen LogP contribution is 2.39. The predicted octanol–water partition coefficient (Wildman–Crippen LogP) is 4.89. The Hall–Kier alpha value is -2.94. The van der Waals surface area contributed by atoms with Crippen LogP contribution < -0.4 is 4.90 Å². The number of nitrogens with zero attached hydrogens (tertiary/aromatic N) is 2. The Morgan fingerprint density at radius 2 is 1.71 bits per heavy atom. The molecular formula is C21H18N2O. The highest BCUT2D eigenvalue weighted by Gasteiger charge is 2.34. The van der Waals surface area contributed by atoms with Crippen LogP contribution in [0.4, 0.5) is 5.69 Å². The Kier molecular flexibility index (Phi) is 3.42. The minimum absolute atomic E-state index is 0.00986. The first-order valence-corrected chi connectivity index (χ1v) is 8.16. The molecule has 0 fully saturated rings. The molecule has 1 aliphatic heterocycles. The van der Waals surface area contributed by atoms with Crippen LogP contribution in [0, 0.1) is 5.92 Å². The number of fused-ring (bicyclic) bond motifs is 2. The van der Waals surface area contributed by atoms with Gasteiger partial charge in [-0.25, -0.2) is 0 Å². The van der Waals surface area contributed by atoms with Gasteiger partial charge in [0.05, 0.1) is 16.9 Å². The summed E-state index contributed by atoms with van der Waals surface area (Å²) in [4.78, 5) is 19.4. The van der Waals surface area contributed by atoms with Gasteiger partial charge < -0.3 is 0 Å². The van der Waals surface area contributed by atoms with Crippen molar-refractivity contribution in [2.75, 3.05) is 4.90 Å². The lowest BCUT2D eigenvalue weighted by Crippen LogP contribution is -2.23. The zero-order valence-electron chi connectivity index (χ0n) is 13.7. The molecule has 0 unspecified atom stereocenters. The number of allylic oxidation sites excluding steroid dienone is 1. The van der Waals surface area contributed by atoms with E-state index in [0.29, 0.717) is 5.92 Å². The molecule has 4 rings (SSSR count). The van der Waals surface area contributed by atoms with E-state index in [0.717, 1.165) is 33.4 Å². The monoisotopic (exact) mass is 314 g/mol. The smallest absolute Gasteiger partial charge is 0.263 e. The van der Waals surface area contributed by atoms with E-state index in [-0.39, 0.29) is 5.91 Å². The molecule has 0 bridgehead atoms. The highest BCUT2D eigenvalue weighted by molar-refractivity contribution is 6.24. The number of carbonyl (C=O) groups is 1. The summed E-state index contributed by atoms with van der Waals surface area (Å²) in [6.07, 6.45) is 3.91. The van der Waals surface area contributed by atoms with Crippen LogP contribution in [0.2, 0.25) is 0 Å². The van der Waals surface area contributed by atoms with E-state index < -0.39 is 0 Å². The van der Waals surface area contributed by atoms with E-state index in [4.69, 9.17) is 0 Å². The van der Waals surface area contributed by atoms with Crippen molar-refractivity contribution >= 4 is 28.2 Å². The molecule has 3 aromatic rings. The third kappa shape index (κ3) is 2.21. The number of benzene rings is 2. The summed E-state index contributed by atoms with van der Waals surface area (Å²) < 4.78 is 0. The van der Waals surface area contributed by atoms with Crippen LogP contribution in [0.5, 0.6) is 0 Å². The summed E-state index contributed by atoms with van der Waals surface area (Å²) >= 11 is 0. The van der Waals surface area contributed by atoms with Crippen LogP contribution in [-0.4, -0.2) is 10.9 Å². The molecule has 1 amide bonds. The van der Waals surface area contributed by atoms with Crippen molar-refractivity contribution in [3.05, 3.63) is 78.0 Å². The minimum Gasteiger partial charge on any atom is -0.274 e. The molecular weight excluding hydrogens is 296 g/mol. The molecule has 0 aliphatic carbocycles. The minimum atomic E-state index is 0.00986. The van der Waals surface area contributed by atoms with Crippen LogP contribution in [0.25, 0.3) is 16.6 Å². The van der Waals surface area contributed by atoms with Crippen molar-refractivity contribution in [2.24, 2.45) is 5.92 Å². The summed E-state index contributed by atoms with van der Waals surface area (Å²) in [5.41, 5.74) is 4.36. The fourth-order valence-corrected chi connectivity index (χ4v) is 3.23. The maximum atomic E-state index is 13.1. The number of para-hydroxylation sites is 1. The topological polar surface area (TPSA) is 33.2 Å². The van der Waals surface area contributed by atoms with Gasteiger partial charge in [0, 0.05) is 22.7 Å². The second kappa shape index (κ2) is 5.60. The van der Waals surface area contributed by atoms with Crippen molar-refractivity contribution in [1.82, 2.24) is 4.98 Å². The lowest BCUT2D eigenvalue weighted by atomic mass is 10.1. The summed E-state index contributed by atoms with van der Waals surface area (Å²) in [7, 11) is 0. The Morgan fingerprint density at radius 1 is 0.958 bits per heavy atom. The molecule has 0 spiro atoms. The number of anilines is 1. The molecule has 118 valence electrons. The molecule has 0 radical (unpaired) electrons. The van der Waals surface area contributed by atoms with E-state index in [9.17, 15) is 4.79 Å². The molecule has 2 heterocycles. The number of pyridine rings is 1. The predicted molar refractivity (Wildman–Crippen MR) is 97.8 cm³/mol. The first-order valence-electron chi connectivity index (χ1n) is 8.16. The number of amides is 1. The molecule has 1 aromatic heterocycles. The van der Waals surface area contributed by atoms with Gasteiger partial charge in [0.25, 0.3) is 5.91 Å². The van der Waals surface area contributed by atoms with Crippen molar-refractivity contribution in [3.8, 4) is 0 Å². The fourth-order valence-electron chi connectivity index (χ4n) is 3.23. The third-order valence-electron chi connectivity index (χ3n) is 4.22. The van der Waals surface area contributed by atoms with Gasteiger partial charge in [0.2, 0.25) is 0 Å². The van der Waals surface area contributed by atoms with Crippen LogP contribution >= 0.6 is 0 Å². The number of hydrogen-bond donors (Lipinski definition) is 0. The van der Waals surface area contributed by atoms with Gasteiger partial charge in [-0.05, 0) is 24.1 Å². The van der Waals surface area contributed by atoms with Crippen LogP contribution in [-0.2, 0) is 0 Å². The lowest BCUT2D eigenvalue weighted by molar-refractivity contribution is 0.101. The lowest BCUT2D eigenvalue weighted by Gasteiger charge is -2.20. The summed E-state index contributed by atoms with van der Waals surface area (Å²) in [5.74, 6) is 0.347. The summed E-state index contributed by atoms with van der Waals surface area (Å²) in [6.45, 7) is 4.25. The third-order valence-corrected chi connectivity index (χ3v) is 4.22. The van der Waals surface area contributed by atoms with Gasteiger partial charge >= 0.3 is 0 Å². The summed E-state index contributed by atoms with van der Waals surface area (Å²) in [5, 5.41) is 1.03. The standard InChI is InChI=1S/C21H18N2O/c1-14(2)13-19-16-9-3-4-10-17(16)21(24)23(19)18-11-5-7-15-8-6-12-22-20(15)18/h3-14H,1-2H3/b19-13+. The Labute approximate surface area is 141 Å². The first-order chi connectivity index (χ1) is 11.7. The fraction of sp³-hybridized carbons (Fsp3) is 0.143. The highest BCUT2D eigenvalue weighted by atomic mass is 16.2. The molecule has 3 nitrogen and oxygen atoms in total. The van der Waals surface area contributed by atoms with E-state index in [1.54, 1.807) is 11.1 Å². The average molecular weight is 314 g/mol. The normalized spacial score (nSPS) is 15.5. The molecule has 1 aliphatic rings. The number of aromatic nitrogens is 1. The van der Waals surface area contributed by atoms with Gasteiger partial charge in [0.15, 0.2) is 0 Å². The van der Waals surface area contributed by atoms with Gasteiger partial charge in [0.1, 0.15) is 0 Å². The number of rotatable bonds is 2. The van der Waals surface area contributed by atoms with E-state index in [1.807, 2.05) is 54.6 Å². The molecule has 0 saturated carbocycles. The van der Waals surface area contributed by atoms with Gasteiger partial charge in [-0.1, -0.05) is 56.3 Å². The van der Waals surface area contributed by atoms with Crippen molar-refractivity contribution in [3.63, 3.8) is 0 Å². The molecule has 0 saturated heterocycles. The first kappa shape index (κ1) is 14.6. The van der Waals surface area contributed by atoms with Crippen molar-refractivity contribution in [1.29, 1.82) is 0 Å². The van der Waals surface area contributed by atoms with Gasteiger partial charge in [-0.3, -0.25) is 14.7 Å². The zero-order valence-corrected chi connectivity index (χ0v) is 13.7. The molecule has 2 aromatic carbocycles. The Balaban J connectivity index is 1.98. The summed E-state index contributed by atoms with van der Waals surface area (Å²) in [6, 6.07) is 17.7. The van der Waals surface area contributed by atoms with Crippen LogP contribution in [0.15, 0.2) is 66.9 Å². The maximum absolute atomic E-state index is 13.1.